The van der Waals surface area contributed by atoms with E-state index >= 15 is 0 Å². The Morgan fingerprint density at radius 2 is 2.10 bits per heavy atom. The Balaban J connectivity index is 1.97. The van der Waals surface area contributed by atoms with Gasteiger partial charge < -0.3 is 14.6 Å². The Kier molecular flexibility index (Phi) is 3.79. The number of hydrogen-bond donors (Lipinski definition) is 1. The van der Waals surface area contributed by atoms with Crippen molar-refractivity contribution in [3.8, 4) is 22.8 Å². The molecule has 21 heavy (non-hydrogen) atoms. The number of aromatic nitrogens is 3. The number of benzene rings is 1. The summed E-state index contributed by atoms with van der Waals surface area (Å²) in [5.41, 5.74) is 2.35. The highest BCUT2D eigenvalue weighted by molar-refractivity contribution is 5.66. The van der Waals surface area contributed by atoms with Gasteiger partial charge in [-0.2, -0.15) is 0 Å². The first kappa shape index (κ1) is 13.9. The van der Waals surface area contributed by atoms with E-state index in [9.17, 15) is 5.11 Å². The third kappa shape index (κ3) is 2.71. The van der Waals surface area contributed by atoms with Gasteiger partial charge in [0.05, 0.1) is 12.3 Å². The average Bonchev–Trinajstić information content (AvgIpc) is 3.10. The maximum absolute atomic E-state index is 9.49. The van der Waals surface area contributed by atoms with Crippen molar-refractivity contribution in [2.24, 2.45) is 5.92 Å². The lowest BCUT2D eigenvalue weighted by atomic mass is 10.1. The summed E-state index contributed by atoms with van der Waals surface area (Å²) >= 11 is 0. The number of ether oxygens (including phenoxy) is 2. The van der Waals surface area contributed by atoms with Gasteiger partial charge in [-0.3, -0.25) is 0 Å². The average molecular weight is 289 g/mol. The second kappa shape index (κ2) is 5.73. The lowest BCUT2D eigenvalue weighted by Crippen LogP contribution is -2.06. The molecule has 6 nitrogen and oxygen atoms in total. The molecule has 0 radical (unpaired) electrons. The van der Waals surface area contributed by atoms with E-state index in [4.69, 9.17) is 9.47 Å². The van der Waals surface area contributed by atoms with Crippen LogP contribution in [0.4, 0.5) is 0 Å². The van der Waals surface area contributed by atoms with Crippen LogP contribution in [-0.4, -0.2) is 26.9 Å². The lowest BCUT2D eigenvalue weighted by molar-refractivity contribution is 0.174. The fourth-order valence-corrected chi connectivity index (χ4v) is 2.35. The maximum atomic E-state index is 9.49. The predicted molar refractivity (Wildman–Crippen MR) is 77.0 cm³/mol. The van der Waals surface area contributed by atoms with Crippen molar-refractivity contribution < 1.29 is 14.6 Å². The van der Waals surface area contributed by atoms with Crippen molar-refractivity contribution in [2.45, 2.75) is 33.4 Å². The van der Waals surface area contributed by atoms with E-state index in [1.165, 1.54) is 0 Å². The highest BCUT2D eigenvalue weighted by atomic mass is 16.7. The molecule has 1 N–H and O–H groups in total. The SMILES string of the molecule is CC(C)CCn1nnc(CO)c1-c1ccc2c(c1)OCO2. The first-order valence-corrected chi connectivity index (χ1v) is 7.12. The molecule has 0 aliphatic carbocycles. The molecule has 6 heteroatoms. The first-order valence-electron chi connectivity index (χ1n) is 7.12. The fourth-order valence-electron chi connectivity index (χ4n) is 2.35. The second-order valence-corrected chi connectivity index (χ2v) is 5.52. The molecule has 0 atom stereocenters. The number of nitrogens with zero attached hydrogens (tertiary/aromatic N) is 3. The van der Waals surface area contributed by atoms with E-state index in [0.29, 0.717) is 17.4 Å². The Morgan fingerprint density at radius 1 is 1.29 bits per heavy atom. The first-order chi connectivity index (χ1) is 10.2. The van der Waals surface area contributed by atoms with Crippen molar-refractivity contribution >= 4 is 0 Å². The molecule has 1 aliphatic rings. The molecule has 2 aromatic rings. The monoisotopic (exact) mass is 289 g/mol. The van der Waals surface area contributed by atoms with Gasteiger partial charge in [-0.25, -0.2) is 4.68 Å². The van der Waals surface area contributed by atoms with Crippen molar-refractivity contribution in [3.63, 3.8) is 0 Å². The second-order valence-electron chi connectivity index (χ2n) is 5.52. The van der Waals surface area contributed by atoms with E-state index in [1.54, 1.807) is 0 Å². The molecule has 0 saturated heterocycles. The van der Waals surface area contributed by atoms with Gasteiger partial charge >= 0.3 is 0 Å². The quantitative estimate of drug-likeness (QED) is 0.914. The minimum absolute atomic E-state index is 0.133. The van der Waals surface area contributed by atoms with Gasteiger partial charge in [0.1, 0.15) is 5.69 Å². The zero-order valence-corrected chi connectivity index (χ0v) is 12.2. The van der Waals surface area contributed by atoms with Crippen molar-refractivity contribution in [1.82, 2.24) is 15.0 Å². The summed E-state index contributed by atoms with van der Waals surface area (Å²) in [6.07, 6.45) is 1.01. The molecule has 0 amide bonds. The summed E-state index contributed by atoms with van der Waals surface area (Å²) in [5, 5.41) is 17.7. The van der Waals surface area contributed by atoms with E-state index in [0.717, 1.165) is 30.0 Å². The fraction of sp³-hybridized carbons (Fsp3) is 0.467. The zero-order chi connectivity index (χ0) is 14.8. The van der Waals surface area contributed by atoms with Crippen LogP contribution in [0.25, 0.3) is 11.3 Å². The van der Waals surface area contributed by atoms with Crippen LogP contribution in [-0.2, 0) is 13.2 Å². The van der Waals surface area contributed by atoms with Gasteiger partial charge in [-0.1, -0.05) is 19.1 Å². The van der Waals surface area contributed by atoms with Gasteiger partial charge in [-0.15, -0.1) is 5.10 Å². The van der Waals surface area contributed by atoms with Crippen LogP contribution < -0.4 is 9.47 Å². The zero-order valence-electron chi connectivity index (χ0n) is 12.2. The molecule has 0 saturated carbocycles. The molecule has 0 unspecified atom stereocenters. The summed E-state index contributed by atoms with van der Waals surface area (Å²) in [6, 6.07) is 5.72. The van der Waals surface area contributed by atoms with E-state index in [2.05, 4.69) is 24.2 Å². The minimum atomic E-state index is -0.133. The molecule has 1 aromatic heterocycles. The molecular weight excluding hydrogens is 270 g/mol. The highest BCUT2D eigenvalue weighted by Gasteiger charge is 2.19. The van der Waals surface area contributed by atoms with E-state index in [1.807, 2.05) is 22.9 Å². The van der Waals surface area contributed by atoms with Crippen LogP contribution in [0.3, 0.4) is 0 Å². The molecule has 0 fully saturated rings. The number of aryl methyl sites for hydroxylation is 1. The molecule has 0 bridgehead atoms. The molecule has 112 valence electrons. The molecular formula is C15H19N3O3. The highest BCUT2D eigenvalue weighted by Crippen LogP contribution is 2.36. The van der Waals surface area contributed by atoms with Gasteiger partial charge in [0, 0.05) is 12.1 Å². The van der Waals surface area contributed by atoms with Crippen molar-refractivity contribution in [3.05, 3.63) is 23.9 Å². The Labute approximate surface area is 123 Å². The Morgan fingerprint density at radius 3 is 2.86 bits per heavy atom. The number of rotatable bonds is 5. The molecule has 1 aromatic carbocycles. The summed E-state index contributed by atoms with van der Waals surface area (Å²) in [7, 11) is 0. The smallest absolute Gasteiger partial charge is 0.231 e. The largest absolute Gasteiger partial charge is 0.454 e. The van der Waals surface area contributed by atoms with Gasteiger partial charge in [0.2, 0.25) is 6.79 Å². The number of hydrogen-bond acceptors (Lipinski definition) is 5. The standard InChI is InChI=1S/C15H19N3O3/c1-10(2)5-6-18-15(12(8-19)16-17-18)11-3-4-13-14(7-11)21-9-20-13/h3-4,7,10,19H,5-6,8-9H2,1-2H3. The van der Waals surface area contributed by atoms with E-state index in [-0.39, 0.29) is 13.4 Å². The topological polar surface area (TPSA) is 69.4 Å². The summed E-state index contributed by atoms with van der Waals surface area (Å²) in [6.45, 7) is 5.23. The number of aliphatic hydroxyl groups is 1. The summed E-state index contributed by atoms with van der Waals surface area (Å²) < 4.78 is 12.6. The van der Waals surface area contributed by atoms with E-state index < -0.39 is 0 Å². The Hall–Kier alpha value is -2.08. The third-order valence-corrected chi connectivity index (χ3v) is 3.52. The molecule has 2 heterocycles. The van der Waals surface area contributed by atoms with Crippen LogP contribution in [0.2, 0.25) is 0 Å². The van der Waals surface area contributed by atoms with Crippen molar-refractivity contribution in [1.29, 1.82) is 0 Å². The van der Waals surface area contributed by atoms with Crippen LogP contribution in [0.1, 0.15) is 26.0 Å². The van der Waals surface area contributed by atoms with Crippen molar-refractivity contribution in [2.75, 3.05) is 6.79 Å². The molecule has 3 rings (SSSR count). The number of aliphatic hydroxyl groups excluding tert-OH is 1. The number of fused-ring (bicyclic) bond motifs is 1. The summed E-state index contributed by atoms with van der Waals surface area (Å²) in [4.78, 5) is 0. The van der Waals surface area contributed by atoms with Crippen LogP contribution in [0.15, 0.2) is 18.2 Å². The van der Waals surface area contributed by atoms with Crippen LogP contribution in [0, 0.1) is 5.92 Å². The minimum Gasteiger partial charge on any atom is -0.454 e. The van der Waals surface area contributed by atoms with Gasteiger partial charge in [0.15, 0.2) is 11.5 Å². The van der Waals surface area contributed by atoms with Gasteiger partial charge in [0.25, 0.3) is 0 Å². The Bertz CT molecular complexity index is 637. The predicted octanol–water partition coefficient (Wildman–Crippen LogP) is 2.21. The van der Waals surface area contributed by atoms with Crippen LogP contribution in [0.5, 0.6) is 11.5 Å². The van der Waals surface area contributed by atoms with Gasteiger partial charge in [-0.05, 0) is 30.5 Å². The third-order valence-electron chi connectivity index (χ3n) is 3.52. The lowest BCUT2D eigenvalue weighted by Gasteiger charge is -2.10. The summed E-state index contributed by atoms with van der Waals surface area (Å²) in [5.74, 6) is 2.04. The normalized spacial score (nSPS) is 13.1. The van der Waals surface area contributed by atoms with Crippen LogP contribution >= 0.6 is 0 Å². The molecule has 1 aliphatic heterocycles. The molecule has 0 spiro atoms. The maximum Gasteiger partial charge on any atom is 0.231 e.